The van der Waals surface area contributed by atoms with Crippen LogP contribution >= 0.6 is 11.8 Å². The second-order valence-electron chi connectivity index (χ2n) is 5.80. The van der Waals surface area contributed by atoms with Gasteiger partial charge in [-0.25, -0.2) is 0 Å². The third-order valence-electron chi connectivity index (χ3n) is 3.59. The van der Waals surface area contributed by atoms with Crippen molar-refractivity contribution in [2.24, 2.45) is 11.7 Å². The number of rotatable bonds is 5. The standard InChI is InChI=1S/C13H24N2O3S/c1-9-5-4-6-15(7-9)10(16)8-19-13(2,3)11(14)12(17)18/h9,11H,4-8,14H2,1-3H3,(H,17,18)/t9?,11-/m1/s1. The Labute approximate surface area is 118 Å². The average molecular weight is 288 g/mol. The molecule has 1 rings (SSSR count). The molecule has 1 fully saturated rings. The summed E-state index contributed by atoms with van der Waals surface area (Å²) in [6.07, 6.45) is 2.22. The fourth-order valence-corrected chi connectivity index (χ4v) is 3.10. The van der Waals surface area contributed by atoms with Crippen LogP contribution in [-0.4, -0.2) is 51.5 Å². The van der Waals surface area contributed by atoms with Gasteiger partial charge in [-0.3, -0.25) is 9.59 Å². The highest BCUT2D eigenvalue weighted by Crippen LogP contribution is 2.28. The predicted molar refractivity (Wildman–Crippen MR) is 77.1 cm³/mol. The van der Waals surface area contributed by atoms with Crippen molar-refractivity contribution in [2.45, 2.75) is 44.4 Å². The highest BCUT2D eigenvalue weighted by Gasteiger charge is 2.33. The molecule has 0 aromatic heterocycles. The highest BCUT2D eigenvalue weighted by molar-refractivity contribution is 8.01. The van der Waals surface area contributed by atoms with Crippen molar-refractivity contribution < 1.29 is 14.7 Å². The van der Waals surface area contributed by atoms with Crippen LogP contribution in [0.4, 0.5) is 0 Å². The maximum Gasteiger partial charge on any atom is 0.321 e. The molecule has 0 radical (unpaired) electrons. The van der Waals surface area contributed by atoms with E-state index in [2.05, 4.69) is 6.92 Å². The van der Waals surface area contributed by atoms with Gasteiger partial charge < -0.3 is 15.7 Å². The number of carboxylic acid groups (broad SMARTS) is 1. The normalized spacial score (nSPS) is 22.1. The van der Waals surface area contributed by atoms with Gasteiger partial charge >= 0.3 is 5.97 Å². The molecule has 0 spiro atoms. The Hall–Kier alpha value is -0.750. The average Bonchev–Trinajstić information content (AvgIpc) is 2.35. The summed E-state index contributed by atoms with van der Waals surface area (Å²) >= 11 is 1.32. The van der Waals surface area contributed by atoms with Crippen molar-refractivity contribution in [3.05, 3.63) is 0 Å². The monoisotopic (exact) mass is 288 g/mol. The fourth-order valence-electron chi connectivity index (χ4n) is 2.14. The third kappa shape index (κ3) is 4.69. The number of carboxylic acids is 1. The number of hydrogen-bond acceptors (Lipinski definition) is 4. The first-order chi connectivity index (χ1) is 8.74. The molecular weight excluding hydrogens is 264 g/mol. The van der Waals surface area contributed by atoms with Gasteiger partial charge in [-0.15, -0.1) is 11.8 Å². The lowest BCUT2D eigenvalue weighted by molar-refractivity contribution is -0.139. The minimum absolute atomic E-state index is 0.0854. The quantitative estimate of drug-likeness (QED) is 0.793. The molecule has 2 atom stereocenters. The van der Waals surface area contributed by atoms with Crippen molar-refractivity contribution in [3.63, 3.8) is 0 Å². The SMILES string of the molecule is CC1CCCN(C(=O)CSC(C)(C)[C@H](N)C(=O)O)C1. The first kappa shape index (κ1) is 16.3. The van der Waals surface area contributed by atoms with E-state index in [9.17, 15) is 9.59 Å². The number of likely N-dealkylation sites (tertiary alicyclic amines) is 1. The smallest absolute Gasteiger partial charge is 0.321 e. The largest absolute Gasteiger partial charge is 0.480 e. The Morgan fingerprint density at radius 3 is 2.68 bits per heavy atom. The van der Waals surface area contributed by atoms with Crippen LogP contribution in [0.5, 0.6) is 0 Å². The van der Waals surface area contributed by atoms with E-state index in [4.69, 9.17) is 10.8 Å². The summed E-state index contributed by atoms with van der Waals surface area (Å²) < 4.78 is -0.650. The van der Waals surface area contributed by atoms with Crippen molar-refractivity contribution in [2.75, 3.05) is 18.8 Å². The summed E-state index contributed by atoms with van der Waals surface area (Å²) in [5.41, 5.74) is 5.64. The summed E-state index contributed by atoms with van der Waals surface area (Å²) in [4.78, 5) is 24.9. The fraction of sp³-hybridized carbons (Fsp3) is 0.846. The van der Waals surface area contributed by atoms with Crippen LogP contribution in [0.25, 0.3) is 0 Å². The van der Waals surface area contributed by atoms with Crippen LogP contribution < -0.4 is 5.73 Å². The van der Waals surface area contributed by atoms with Gasteiger partial charge in [0.05, 0.1) is 5.75 Å². The van der Waals surface area contributed by atoms with Crippen LogP contribution in [0, 0.1) is 5.92 Å². The van der Waals surface area contributed by atoms with Crippen molar-refractivity contribution in [1.29, 1.82) is 0 Å². The molecule has 1 unspecified atom stereocenters. The number of carbonyl (C=O) groups excluding carboxylic acids is 1. The van der Waals surface area contributed by atoms with Gasteiger partial charge in [0.1, 0.15) is 6.04 Å². The van der Waals surface area contributed by atoms with E-state index in [1.54, 1.807) is 13.8 Å². The van der Waals surface area contributed by atoms with Gasteiger partial charge in [0.15, 0.2) is 0 Å². The zero-order valence-electron chi connectivity index (χ0n) is 11.9. The molecule has 1 aliphatic rings. The highest BCUT2D eigenvalue weighted by atomic mass is 32.2. The van der Waals surface area contributed by atoms with Crippen LogP contribution in [0.2, 0.25) is 0 Å². The van der Waals surface area contributed by atoms with Gasteiger partial charge in [0, 0.05) is 17.8 Å². The van der Waals surface area contributed by atoms with Gasteiger partial charge in [0.2, 0.25) is 5.91 Å². The van der Waals surface area contributed by atoms with Crippen molar-refractivity contribution in [1.82, 2.24) is 4.90 Å². The minimum Gasteiger partial charge on any atom is -0.480 e. The molecule has 6 heteroatoms. The Bertz CT molecular complexity index is 347. The lowest BCUT2D eigenvalue weighted by Gasteiger charge is -2.33. The molecule has 1 amide bonds. The molecule has 0 saturated carbocycles. The predicted octanol–water partition coefficient (Wildman–Crippen LogP) is 1.17. The molecule has 0 aliphatic carbocycles. The Morgan fingerprint density at radius 1 is 1.53 bits per heavy atom. The van der Waals surface area contributed by atoms with Gasteiger partial charge in [0.25, 0.3) is 0 Å². The lowest BCUT2D eigenvalue weighted by atomic mass is 10.0. The van der Waals surface area contributed by atoms with Gasteiger partial charge in [-0.1, -0.05) is 6.92 Å². The number of nitrogens with two attached hydrogens (primary N) is 1. The molecule has 1 aliphatic heterocycles. The Balaban J connectivity index is 2.47. The van der Waals surface area contributed by atoms with Crippen LogP contribution in [0.1, 0.15) is 33.6 Å². The van der Waals surface area contributed by atoms with E-state index in [1.165, 1.54) is 18.2 Å². The number of amides is 1. The van der Waals surface area contributed by atoms with Crippen LogP contribution in [0.15, 0.2) is 0 Å². The number of thioether (sulfide) groups is 1. The first-order valence-corrected chi connectivity index (χ1v) is 7.62. The second kappa shape index (κ2) is 6.61. The number of carbonyl (C=O) groups is 2. The lowest BCUT2D eigenvalue weighted by Crippen LogP contribution is -2.48. The number of hydrogen-bond donors (Lipinski definition) is 2. The zero-order chi connectivity index (χ0) is 14.6. The number of nitrogens with zero attached hydrogens (tertiary/aromatic N) is 1. The maximum atomic E-state index is 12.1. The van der Waals surface area contributed by atoms with E-state index in [0.29, 0.717) is 11.7 Å². The molecule has 3 N–H and O–H groups in total. The molecule has 0 aromatic rings. The van der Waals surface area contributed by atoms with E-state index in [1.807, 2.05) is 4.90 Å². The van der Waals surface area contributed by atoms with Crippen LogP contribution in [-0.2, 0) is 9.59 Å². The summed E-state index contributed by atoms with van der Waals surface area (Å²) in [5, 5.41) is 8.93. The first-order valence-electron chi connectivity index (χ1n) is 6.64. The van der Waals surface area contributed by atoms with Crippen molar-refractivity contribution >= 4 is 23.6 Å². The molecule has 1 saturated heterocycles. The minimum atomic E-state index is -1.03. The number of aliphatic carboxylic acids is 1. The van der Waals surface area contributed by atoms with Crippen LogP contribution in [0.3, 0.4) is 0 Å². The summed E-state index contributed by atoms with van der Waals surface area (Å²) in [7, 11) is 0. The van der Waals surface area contributed by atoms with E-state index >= 15 is 0 Å². The topological polar surface area (TPSA) is 83.6 Å². The van der Waals surface area contributed by atoms with Gasteiger partial charge in [-0.05, 0) is 32.6 Å². The van der Waals surface area contributed by atoms with E-state index < -0.39 is 16.8 Å². The third-order valence-corrected chi connectivity index (χ3v) is 4.98. The van der Waals surface area contributed by atoms with Crippen molar-refractivity contribution in [3.8, 4) is 0 Å². The van der Waals surface area contributed by atoms with E-state index in [-0.39, 0.29) is 5.91 Å². The van der Waals surface area contributed by atoms with E-state index in [0.717, 1.165) is 19.5 Å². The molecule has 5 nitrogen and oxygen atoms in total. The Kier molecular flexibility index (Phi) is 5.67. The molecule has 0 bridgehead atoms. The number of piperidine rings is 1. The molecular formula is C13H24N2O3S. The molecule has 0 aromatic carbocycles. The maximum absolute atomic E-state index is 12.1. The second-order valence-corrected chi connectivity index (χ2v) is 7.42. The zero-order valence-corrected chi connectivity index (χ0v) is 12.7. The summed E-state index contributed by atoms with van der Waals surface area (Å²) in [5.74, 6) is -0.100. The Morgan fingerprint density at radius 2 is 2.16 bits per heavy atom. The molecule has 1 heterocycles. The summed E-state index contributed by atoms with van der Waals surface area (Å²) in [6.45, 7) is 7.31. The molecule has 110 valence electrons. The molecule has 19 heavy (non-hydrogen) atoms. The van der Waals surface area contributed by atoms with Gasteiger partial charge in [-0.2, -0.15) is 0 Å². The summed E-state index contributed by atoms with van der Waals surface area (Å²) in [6, 6.07) is -0.967.